The smallest absolute Gasteiger partial charge is 0.241 e. The number of ether oxygens (including phenoxy) is 2. The van der Waals surface area contributed by atoms with Crippen molar-refractivity contribution in [2.75, 3.05) is 27.4 Å². The number of para-hydroxylation sites is 1. The Kier molecular flexibility index (Phi) is 7.94. The molecular weight excluding hydrogens is 440 g/mol. The lowest BCUT2D eigenvalue weighted by molar-refractivity contribution is 0.105. The molecule has 0 amide bonds. The van der Waals surface area contributed by atoms with Crippen LogP contribution in [0.3, 0.4) is 0 Å². The molecule has 5 rings (SSSR count). The highest BCUT2D eigenvalue weighted by Crippen LogP contribution is 2.36. The Hall–Kier alpha value is -2.09. The van der Waals surface area contributed by atoms with Crippen LogP contribution in [0.2, 0.25) is 0 Å². The first-order chi connectivity index (χ1) is 15.8. The quantitative estimate of drug-likeness (QED) is 0.440. The Morgan fingerprint density at radius 1 is 1.09 bits per heavy atom. The van der Waals surface area contributed by atoms with E-state index in [1.807, 2.05) is 12.1 Å². The molecule has 33 heavy (non-hydrogen) atoms. The molecule has 1 aromatic carbocycles. The Labute approximate surface area is 201 Å². The first-order valence-electron chi connectivity index (χ1n) is 12.0. The van der Waals surface area contributed by atoms with E-state index >= 15 is 0 Å². The molecule has 2 aromatic heterocycles. The first-order valence-corrected chi connectivity index (χ1v) is 12.0. The van der Waals surface area contributed by atoms with Crippen molar-refractivity contribution in [3.63, 3.8) is 0 Å². The standard InChI is InChI=1S/C25H34N4O3.ClH/c1-30-17-19-10-7-13-28(19)16-23-26-25(27-32-23)21-15-29(14-18-8-4-3-5-9-18)24-20(21)11-6-12-22(24)31-2;/h6,11-12,15,18-19H,3-5,7-10,13-14,16-17H2,1-2H3;1H. The highest BCUT2D eigenvalue weighted by Gasteiger charge is 2.27. The predicted molar refractivity (Wildman–Crippen MR) is 131 cm³/mol. The van der Waals surface area contributed by atoms with Gasteiger partial charge in [0.05, 0.1) is 25.8 Å². The maximum Gasteiger partial charge on any atom is 0.241 e. The van der Waals surface area contributed by atoms with E-state index in [0.29, 0.717) is 30.2 Å². The van der Waals surface area contributed by atoms with Crippen LogP contribution in [0.4, 0.5) is 0 Å². The number of benzene rings is 1. The molecule has 180 valence electrons. The largest absolute Gasteiger partial charge is 0.495 e. The van der Waals surface area contributed by atoms with Gasteiger partial charge in [-0.1, -0.05) is 36.6 Å². The van der Waals surface area contributed by atoms with Crippen molar-refractivity contribution in [3.05, 3.63) is 30.3 Å². The van der Waals surface area contributed by atoms with Crippen LogP contribution in [0.25, 0.3) is 22.3 Å². The zero-order valence-corrected chi connectivity index (χ0v) is 20.5. The van der Waals surface area contributed by atoms with Crippen LogP contribution in [-0.4, -0.2) is 53.0 Å². The fraction of sp³-hybridized carbons (Fsp3) is 0.600. The van der Waals surface area contributed by atoms with Crippen molar-refractivity contribution < 1.29 is 14.0 Å². The van der Waals surface area contributed by atoms with E-state index in [4.69, 9.17) is 19.0 Å². The third-order valence-corrected chi connectivity index (χ3v) is 7.17. The number of nitrogens with zero attached hydrogens (tertiary/aromatic N) is 4. The Morgan fingerprint density at radius 2 is 1.94 bits per heavy atom. The Bertz CT molecular complexity index is 1040. The molecule has 2 aliphatic rings. The van der Waals surface area contributed by atoms with Crippen molar-refractivity contribution in [1.82, 2.24) is 19.6 Å². The van der Waals surface area contributed by atoms with E-state index in [2.05, 4.69) is 26.9 Å². The van der Waals surface area contributed by atoms with Crippen LogP contribution in [0.15, 0.2) is 28.9 Å². The van der Waals surface area contributed by atoms with Crippen molar-refractivity contribution in [2.45, 2.75) is 64.1 Å². The number of methoxy groups -OCH3 is 2. The van der Waals surface area contributed by atoms with Gasteiger partial charge in [0, 0.05) is 36.8 Å². The molecule has 7 nitrogen and oxygen atoms in total. The van der Waals surface area contributed by atoms with Crippen LogP contribution in [0, 0.1) is 5.92 Å². The summed E-state index contributed by atoms with van der Waals surface area (Å²) in [6, 6.07) is 6.64. The fourth-order valence-corrected chi connectivity index (χ4v) is 5.55. The molecule has 1 aliphatic carbocycles. The number of fused-ring (bicyclic) bond motifs is 1. The molecule has 0 bridgehead atoms. The molecule has 0 radical (unpaired) electrons. The monoisotopic (exact) mass is 474 g/mol. The van der Waals surface area contributed by atoms with Gasteiger partial charge in [-0.3, -0.25) is 4.90 Å². The van der Waals surface area contributed by atoms with Crippen LogP contribution in [0.1, 0.15) is 50.8 Å². The number of likely N-dealkylation sites (tertiary alicyclic amines) is 1. The van der Waals surface area contributed by atoms with E-state index in [9.17, 15) is 0 Å². The van der Waals surface area contributed by atoms with Gasteiger partial charge in [-0.2, -0.15) is 4.98 Å². The molecule has 1 unspecified atom stereocenters. The third kappa shape index (κ3) is 5.05. The van der Waals surface area contributed by atoms with Gasteiger partial charge in [0.2, 0.25) is 11.7 Å². The summed E-state index contributed by atoms with van der Waals surface area (Å²) in [7, 11) is 3.50. The van der Waals surface area contributed by atoms with Crippen LogP contribution in [0.5, 0.6) is 5.75 Å². The minimum absolute atomic E-state index is 0. The van der Waals surface area contributed by atoms with E-state index < -0.39 is 0 Å². The first kappa shape index (κ1) is 24.0. The zero-order chi connectivity index (χ0) is 21.9. The highest BCUT2D eigenvalue weighted by atomic mass is 35.5. The zero-order valence-electron chi connectivity index (χ0n) is 19.7. The molecule has 0 spiro atoms. The highest BCUT2D eigenvalue weighted by molar-refractivity contribution is 5.97. The molecular formula is C25H35ClN4O3. The number of rotatable bonds is 8. The molecule has 0 N–H and O–H groups in total. The van der Waals surface area contributed by atoms with Crippen molar-refractivity contribution in [2.24, 2.45) is 5.92 Å². The molecule has 2 fully saturated rings. The van der Waals surface area contributed by atoms with Crippen LogP contribution in [-0.2, 0) is 17.8 Å². The van der Waals surface area contributed by atoms with Gasteiger partial charge in [-0.05, 0) is 44.2 Å². The van der Waals surface area contributed by atoms with E-state index in [1.54, 1.807) is 14.2 Å². The second-order valence-electron chi connectivity index (χ2n) is 9.29. The lowest BCUT2D eigenvalue weighted by Crippen LogP contribution is -2.32. The summed E-state index contributed by atoms with van der Waals surface area (Å²) in [4.78, 5) is 7.18. The third-order valence-electron chi connectivity index (χ3n) is 7.17. The number of halogens is 1. The molecule has 3 aromatic rings. The topological polar surface area (TPSA) is 65.5 Å². The summed E-state index contributed by atoms with van der Waals surface area (Å²) < 4.78 is 19.2. The Morgan fingerprint density at radius 3 is 2.73 bits per heavy atom. The molecule has 3 heterocycles. The number of hydrogen-bond acceptors (Lipinski definition) is 6. The summed E-state index contributed by atoms with van der Waals surface area (Å²) in [6.07, 6.45) is 11.2. The lowest BCUT2D eigenvalue weighted by atomic mass is 9.89. The number of aromatic nitrogens is 3. The van der Waals surface area contributed by atoms with E-state index in [0.717, 1.165) is 48.3 Å². The average Bonchev–Trinajstić information content (AvgIpc) is 3.55. The maximum absolute atomic E-state index is 5.73. The Balaban J connectivity index is 0.00000259. The summed E-state index contributed by atoms with van der Waals surface area (Å²) >= 11 is 0. The van der Waals surface area contributed by atoms with Gasteiger partial charge in [0.15, 0.2) is 0 Å². The second kappa shape index (κ2) is 10.9. The second-order valence-corrected chi connectivity index (χ2v) is 9.29. The van der Waals surface area contributed by atoms with Crippen molar-refractivity contribution >= 4 is 23.3 Å². The predicted octanol–water partition coefficient (Wildman–Crippen LogP) is 5.31. The summed E-state index contributed by atoms with van der Waals surface area (Å²) in [5.74, 6) is 2.93. The van der Waals surface area contributed by atoms with E-state index in [1.165, 1.54) is 38.5 Å². The molecule has 8 heteroatoms. The van der Waals surface area contributed by atoms with Gasteiger partial charge >= 0.3 is 0 Å². The van der Waals surface area contributed by atoms with Gasteiger partial charge in [-0.25, -0.2) is 0 Å². The maximum atomic E-state index is 5.73. The van der Waals surface area contributed by atoms with Gasteiger partial charge in [0.25, 0.3) is 0 Å². The molecule has 1 aliphatic heterocycles. The summed E-state index contributed by atoms with van der Waals surface area (Å²) in [5, 5.41) is 5.48. The van der Waals surface area contributed by atoms with Gasteiger partial charge in [-0.15, -0.1) is 12.4 Å². The van der Waals surface area contributed by atoms with Gasteiger partial charge < -0.3 is 18.6 Å². The SMILES string of the molecule is COCC1CCCN1Cc1nc(-c2cn(CC3CCCCC3)c3c(OC)cccc23)no1.Cl. The van der Waals surface area contributed by atoms with Gasteiger partial charge in [0.1, 0.15) is 5.75 Å². The van der Waals surface area contributed by atoms with Crippen LogP contribution >= 0.6 is 12.4 Å². The van der Waals surface area contributed by atoms with E-state index in [-0.39, 0.29) is 12.4 Å². The summed E-state index contributed by atoms with van der Waals surface area (Å²) in [6.45, 7) is 3.47. The van der Waals surface area contributed by atoms with Crippen molar-refractivity contribution in [1.29, 1.82) is 0 Å². The molecule has 1 atom stereocenters. The molecule has 1 saturated heterocycles. The summed E-state index contributed by atoms with van der Waals surface area (Å²) in [5.41, 5.74) is 2.14. The van der Waals surface area contributed by atoms with Crippen molar-refractivity contribution in [3.8, 4) is 17.1 Å². The average molecular weight is 475 g/mol. The minimum Gasteiger partial charge on any atom is -0.495 e. The van der Waals surface area contributed by atoms with Crippen LogP contribution < -0.4 is 4.74 Å². The lowest BCUT2D eigenvalue weighted by Gasteiger charge is -2.22. The molecule has 1 saturated carbocycles. The normalized spacial score (nSPS) is 19.8. The minimum atomic E-state index is 0. The number of hydrogen-bond donors (Lipinski definition) is 0. The fourth-order valence-electron chi connectivity index (χ4n) is 5.55.